The molecule has 1 unspecified atom stereocenters. The molecule has 0 amide bonds. The second-order valence-electron chi connectivity index (χ2n) is 3.74. The molecule has 5 nitrogen and oxygen atoms in total. The SMILES string of the molecule is Cc1cc(C(N)CCC(=O)O)cc(O)c1O. The monoisotopic (exact) mass is 225 g/mol. The van der Waals surface area contributed by atoms with Crippen molar-refractivity contribution in [3.8, 4) is 11.5 Å². The van der Waals surface area contributed by atoms with Crippen molar-refractivity contribution in [1.82, 2.24) is 0 Å². The smallest absolute Gasteiger partial charge is 0.303 e. The van der Waals surface area contributed by atoms with Crippen molar-refractivity contribution >= 4 is 5.97 Å². The molecule has 0 saturated carbocycles. The molecule has 0 aliphatic heterocycles. The summed E-state index contributed by atoms with van der Waals surface area (Å²) in [5.74, 6) is -1.31. The number of aliphatic carboxylic acids is 1. The van der Waals surface area contributed by atoms with E-state index >= 15 is 0 Å². The highest BCUT2D eigenvalue weighted by molar-refractivity contribution is 5.66. The summed E-state index contributed by atoms with van der Waals surface area (Å²) in [6.45, 7) is 1.64. The largest absolute Gasteiger partial charge is 0.504 e. The maximum absolute atomic E-state index is 10.4. The molecule has 5 N–H and O–H groups in total. The Labute approximate surface area is 93.1 Å². The van der Waals surface area contributed by atoms with Gasteiger partial charge >= 0.3 is 5.97 Å². The van der Waals surface area contributed by atoms with Crippen molar-refractivity contribution in [2.75, 3.05) is 0 Å². The summed E-state index contributed by atoms with van der Waals surface area (Å²) in [6, 6.07) is 2.54. The molecule has 0 bridgehead atoms. The van der Waals surface area contributed by atoms with Crippen LogP contribution in [-0.2, 0) is 4.79 Å². The molecule has 1 atom stereocenters. The number of hydrogen-bond donors (Lipinski definition) is 4. The van der Waals surface area contributed by atoms with Gasteiger partial charge in [-0.15, -0.1) is 0 Å². The molecule has 88 valence electrons. The summed E-state index contributed by atoms with van der Waals surface area (Å²) < 4.78 is 0. The number of benzene rings is 1. The average Bonchev–Trinajstić information content (AvgIpc) is 2.21. The molecule has 1 rings (SSSR count). The second kappa shape index (κ2) is 4.85. The van der Waals surface area contributed by atoms with Crippen molar-refractivity contribution in [3.05, 3.63) is 23.3 Å². The Morgan fingerprint density at radius 2 is 2.06 bits per heavy atom. The predicted octanol–water partition coefficient (Wildman–Crippen LogP) is 1.27. The number of aryl methyl sites for hydroxylation is 1. The van der Waals surface area contributed by atoms with E-state index in [4.69, 9.17) is 10.8 Å². The van der Waals surface area contributed by atoms with Crippen LogP contribution in [0.3, 0.4) is 0 Å². The van der Waals surface area contributed by atoms with Crippen molar-refractivity contribution in [3.63, 3.8) is 0 Å². The summed E-state index contributed by atoms with van der Waals surface area (Å²) >= 11 is 0. The molecule has 16 heavy (non-hydrogen) atoms. The van der Waals surface area contributed by atoms with E-state index in [9.17, 15) is 15.0 Å². The van der Waals surface area contributed by atoms with Crippen LogP contribution in [-0.4, -0.2) is 21.3 Å². The Kier molecular flexibility index (Phi) is 3.73. The highest BCUT2D eigenvalue weighted by Gasteiger charge is 2.12. The first-order valence-electron chi connectivity index (χ1n) is 4.91. The zero-order valence-electron chi connectivity index (χ0n) is 8.97. The van der Waals surface area contributed by atoms with Gasteiger partial charge < -0.3 is 21.1 Å². The van der Waals surface area contributed by atoms with E-state index in [0.717, 1.165) is 0 Å². The summed E-state index contributed by atoms with van der Waals surface area (Å²) in [6.07, 6.45) is 0.265. The first-order chi connectivity index (χ1) is 7.41. The fraction of sp³-hybridized carbons (Fsp3) is 0.364. The van der Waals surface area contributed by atoms with Crippen molar-refractivity contribution in [2.45, 2.75) is 25.8 Å². The third-order valence-electron chi connectivity index (χ3n) is 2.40. The number of carboxylic acids is 1. The number of carbonyl (C=O) groups is 1. The maximum Gasteiger partial charge on any atom is 0.303 e. The molecule has 0 aliphatic rings. The average molecular weight is 225 g/mol. The number of hydrogen-bond acceptors (Lipinski definition) is 4. The second-order valence-corrected chi connectivity index (χ2v) is 3.74. The fourth-order valence-electron chi connectivity index (χ4n) is 1.45. The van der Waals surface area contributed by atoms with Crippen LogP contribution in [0.25, 0.3) is 0 Å². The third kappa shape index (κ3) is 2.87. The van der Waals surface area contributed by atoms with Gasteiger partial charge in [-0.05, 0) is 30.5 Å². The number of phenols is 2. The van der Waals surface area contributed by atoms with E-state index in [-0.39, 0.29) is 17.9 Å². The fourth-order valence-corrected chi connectivity index (χ4v) is 1.45. The number of nitrogens with two attached hydrogens (primary N) is 1. The zero-order chi connectivity index (χ0) is 12.3. The summed E-state index contributed by atoms with van der Waals surface area (Å²) in [4.78, 5) is 10.4. The van der Waals surface area contributed by atoms with Gasteiger partial charge in [0.2, 0.25) is 0 Å². The molecule has 5 heteroatoms. The molecule has 0 fully saturated rings. The molecular formula is C11H15NO4. The predicted molar refractivity (Wildman–Crippen MR) is 58.3 cm³/mol. The minimum absolute atomic E-state index is 0.0259. The van der Waals surface area contributed by atoms with Gasteiger partial charge in [0.15, 0.2) is 11.5 Å². The summed E-state index contributed by atoms with van der Waals surface area (Å²) in [7, 11) is 0. The highest BCUT2D eigenvalue weighted by Crippen LogP contribution is 2.32. The Bertz CT molecular complexity index is 380. The van der Waals surface area contributed by atoms with E-state index in [2.05, 4.69) is 0 Å². The maximum atomic E-state index is 10.4. The number of carboxylic acid groups (broad SMARTS) is 1. The Morgan fingerprint density at radius 1 is 1.44 bits per heavy atom. The van der Waals surface area contributed by atoms with E-state index in [1.54, 1.807) is 13.0 Å². The standard InChI is InChI=1S/C11H15NO4/c1-6-4-7(5-9(13)11(6)16)8(12)2-3-10(14)15/h4-5,8,13,16H,2-3,12H2,1H3,(H,14,15). The Balaban J connectivity index is 2.84. The van der Waals surface area contributed by atoms with Crippen molar-refractivity contribution in [2.24, 2.45) is 5.73 Å². The number of phenolic OH excluding ortho intramolecular Hbond substituents is 2. The molecule has 0 spiro atoms. The van der Waals surface area contributed by atoms with E-state index in [1.165, 1.54) is 6.07 Å². The normalized spacial score (nSPS) is 12.4. The number of rotatable bonds is 4. The van der Waals surface area contributed by atoms with Crippen molar-refractivity contribution in [1.29, 1.82) is 0 Å². The molecular weight excluding hydrogens is 210 g/mol. The van der Waals surface area contributed by atoms with Crippen LogP contribution in [0.5, 0.6) is 11.5 Å². The summed E-state index contributed by atoms with van der Waals surface area (Å²) in [5, 5.41) is 27.2. The first-order valence-corrected chi connectivity index (χ1v) is 4.91. The van der Waals surface area contributed by atoms with Gasteiger partial charge in [-0.3, -0.25) is 4.79 Å². The molecule has 0 aromatic heterocycles. The van der Waals surface area contributed by atoms with Crippen LogP contribution in [0.2, 0.25) is 0 Å². The van der Waals surface area contributed by atoms with Crippen LogP contribution in [0, 0.1) is 6.92 Å². The minimum Gasteiger partial charge on any atom is -0.504 e. The van der Waals surface area contributed by atoms with E-state index in [0.29, 0.717) is 17.5 Å². The van der Waals surface area contributed by atoms with Gasteiger partial charge in [0, 0.05) is 12.5 Å². The van der Waals surface area contributed by atoms with Crippen LogP contribution in [0.15, 0.2) is 12.1 Å². The van der Waals surface area contributed by atoms with Gasteiger partial charge in [-0.2, -0.15) is 0 Å². The molecule has 0 saturated heterocycles. The van der Waals surface area contributed by atoms with Crippen LogP contribution in [0.4, 0.5) is 0 Å². The van der Waals surface area contributed by atoms with Gasteiger partial charge in [-0.25, -0.2) is 0 Å². The minimum atomic E-state index is -0.907. The lowest BCUT2D eigenvalue weighted by atomic mass is 10.00. The zero-order valence-corrected chi connectivity index (χ0v) is 8.97. The number of aromatic hydroxyl groups is 2. The molecule has 1 aromatic carbocycles. The van der Waals surface area contributed by atoms with Gasteiger partial charge in [0.1, 0.15) is 0 Å². The summed E-state index contributed by atoms with van der Waals surface area (Å²) in [5.41, 5.74) is 6.91. The molecule has 0 heterocycles. The van der Waals surface area contributed by atoms with Crippen molar-refractivity contribution < 1.29 is 20.1 Å². The Hall–Kier alpha value is -1.75. The van der Waals surface area contributed by atoms with E-state index in [1.807, 2.05) is 0 Å². The van der Waals surface area contributed by atoms with E-state index < -0.39 is 12.0 Å². The van der Waals surface area contributed by atoms with Gasteiger partial charge in [0.25, 0.3) is 0 Å². The van der Waals surface area contributed by atoms with Gasteiger partial charge in [-0.1, -0.05) is 6.07 Å². The van der Waals surface area contributed by atoms with Crippen LogP contribution >= 0.6 is 0 Å². The lowest BCUT2D eigenvalue weighted by Crippen LogP contribution is -2.12. The van der Waals surface area contributed by atoms with Crippen LogP contribution in [0.1, 0.15) is 30.0 Å². The highest BCUT2D eigenvalue weighted by atomic mass is 16.4. The molecule has 0 radical (unpaired) electrons. The lowest BCUT2D eigenvalue weighted by Gasteiger charge is -2.13. The molecule has 1 aromatic rings. The quantitative estimate of drug-likeness (QED) is 0.578. The topological polar surface area (TPSA) is 104 Å². The lowest BCUT2D eigenvalue weighted by molar-refractivity contribution is -0.137. The molecule has 0 aliphatic carbocycles. The third-order valence-corrected chi connectivity index (χ3v) is 2.40. The Morgan fingerprint density at radius 3 is 2.56 bits per heavy atom. The van der Waals surface area contributed by atoms with Crippen LogP contribution < -0.4 is 5.73 Å². The van der Waals surface area contributed by atoms with Gasteiger partial charge in [0.05, 0.1) is 0 Å². The first kappa shape index (κ1) is 12.3.